The predicted octanol–water partition coefficient (Wildman–Crippen LogP) is 2.25. The van der Waals surface area contributed by atoms with Crippen LogP contribution in [0.2, 0.25) is 0 Å². The van der Waals surface area contributed by atoms with Crippen LogP contribution in [0.5, 0.6) is 0 Å². The van der Waals surface area contributed by atoms with Gasteiger partial charge in [-0.15, -0.1) is 0 Å². The summed E-state index contributed by atoms with van der Waals surface area (Å²) in [7, 11) is 0. The van der Waals surface area contributed by atoms with Gasteiger partial charge >= 0.3 is 0 Å². The highest BCUT2D eigenvalue weighted by Crippen LogP contribution is 2.20. The van der Waals surface area contributed by atoms with Gasteiger partial charge in [-0.1, -0.05) is 6.07 Å². The normalized spacial score (nSPS) is 19.7. The minimum atomic E-state index is -0.222. The molecule has 0 spiro atoms. The summed E-state index contributed by atoms with van der Waals surface area (Å²) in [5.74, 6) is 2.08. The first kappa shape index (κ1) is 23.0. The van der Waals surface area contributed by atoms with Crippen LogP contribution < -0.4 is 10.2 Å². The lowest BCUT2D eigenvalue weighted by Gasteiger charge is -2.39. The Morgan fingerprint density at radius 1 is 1.12 bits per heavy atom. The van der Waals surface area contributed by atoms with E-state index in [1.54, 1.807) is 24.5 Å². The summed E-state index contributed by atoms with van der Waals surface area (Å²) in [5, 5.41) is 2.78. The van der Waals surface area contributed by atoms with Crippen LogP contribution in [-0.4, -0.2) is 79.0 Å². The summed E-state index contributed by atoms with van der Waals surface area (Å²) in [6, 6.07) is 9.59. The zero-order chi connectivity index (χ0) is 22.9. The van der Waals surface area contributed by atoms with Crippen LogP contribution in [-0.2, 0) is 9.59 Å². The lowest BCUT2D eigenvalue weighted by molar-refractivity contribution is -0.133. The molecule has 0 aromatic carbocycles. The molecule has 2 saturated heterocycles. The molecular formula is C25H33N5O3. The molecule has 8 heteroatoms. The van der Waals surface area contributed by atoms with Crippen molar-refractivity contribution in [2.45, 2.75) is 19.3 Å². The Morgan fingerprint density at radius 3 is 2.76 bits per heavy atom. The van der Waals surface area contributed by atoms with Crippen molar-refractivity contribution < 1.29 is 14.0 Å². The SMILES string of the molecule is O=C(/C=C/c1ccco1)NCCC(=O)N1CCCC(CN2CCN(c3ccccn3)CC2)C1. The molecule has 33 heavy (non-hydrogen) atoms. The molecule has 2 aliphatic heterocycles. The van der Waals surface area contributed by atoms with E-state index < -0.39 is 0 Å². The molecule has 1 atom stereocenters. The third-order valence-corrected chi connectivity index (χ3v) is 6.31. The molecule has 8 nitrogen and oxygen atoms in total. The molecular weight excluding hydrogens is 418 g/mol. The number of likely N-dealkylation sites (tertiary alicyclic amines) is 1. The number of furan rings is 1. The standard InChI is InChI=1S/C25H33N5O3/c31-24(9-8-22-6-4-18-33-22)27-12-10-25(32)30-13-3-5-21(20-30)19-28-14-16-29(17-15-28)23-7-1-2-11-26-23/h1-2,4,6-9,11,18,21H,3,5,10,12-17,19-20H2,(H,27,31)/b9-8+. The summed E-state index contributed by atoms with van der Waals surface area (Å²) in [5.41, 5.74) is 0. The Labute approximate surface area is 195 Å². The largest absolute Gasteiger partial charge is 0.465 e. The van der Waals surface area contributed by atoms with E-state index in [0.29, 0.717) is 24.6 Å². The summed E-state index contributed by atoms with van der Waals surface area (Å²) in [6.07, 6.45) is 8.98. The van der Waals surface area contributed by atoms with Gasteiger partial charge in [0.05, 0.1) is 6.26 Å². The number of anilines is 1. The first-order chi connectivity index (χ1) is 16.2. The van der Waals surface area contributed by atoms with Crippen LogP contribution in [0.3, 0.4) is 0 Å². The summed E-state index contributed by atoms with van der Waals surface area (Å²) >= 11 is 0. The molecule has 4 heterocycles. The number of carbonyl (C=O) groups is 2. The van der Waals surface area contributed by atoms with E-state index in [9.17, 15) is 9.59 Å². The van der Waals surface area contributed by atoms with Gasteiger partial charge in [-0.2, -0.15) is 0 Å². The number of aromatic nitrogens is 1. The number of nitrogens with zero attached hydrogens (tertiary/aromatic N) is 4. The number of pyridine rings is 1. The molecule has 1 unspecified atom stereocenters. The maximum Gasteiger partial charge on any atom is 0.244 e. The molecule has 0 bridgehead atoms. The van der Waals surface area contributed by atoms with Crippen molar-refractivity contribution in [3.8, 4) is 0 Å². The van der Waals surface area contributed by atoms with E-state index in [-0.39, 0.29) is 11.8 Å². The molecule has 2 aromatic rings. The Bertz CT molecular complexity index is 907. The first-order valence-electron chi connectivity index (χ1n) is 11.8. The van der Waals surface area contributed by atoms with Gasteiger partial charge in [0.1, 0.15) is 11.6 Å². The second-order valence-corrected chi connectivity index (χ2v) is 8.71. The molecule has 2 amide bonds. The van der Waals surface area contributed by atoms with Gasteiger partial charge < -0.3 is 19.5 Å². The van der Waals surface area contributed by atoms with Crippen LogP contribution in [0.15, 0.2) is 53.3 Å². The minimum absolute atomic E-state index is 0.120. The van der Waals surface area contributed by atoms with Gasteiger partial charge in [-0.05, 0) is 49.1 Å². The van der Waals surface area contributed by atoms with Gasteiger partial charge in [0.25, 0.3) is 0 Å². The maximum absolute atomic E-state index is 12.7. The van der Waals surface area contributed by atoms with Crippen LogP contribution in [0.4, 0.5) is 5.82 Å². The highest BCUT2D eigenvalue weighted by molar-refractivity contribution is 5.91. The van der Waals surface area contributed by atoms with Crippen molar-refractivity contribution in [1.82, 2.24) is 20.1 Å². The van der Waals surface area contributed by atoms with E-state index in [0.717, 1.165) is 58.1 Å². The number of piperidine rings is 1. The molecule has 0 radical (unpaired) electrons. The number of nitrogens with one attached hydrogen (secondary N) is 1. The molecule has 4 rings (SSSR count). The Hall–Kier alpha value is -3.13. The van der Waals surface area contributed by atoms with Crippen molar-refractivity contribution in [2.75, 3.05) is 57.3 Å². The number of hydrogen-bond acceptors (Lipinski definition) is 6. The molecule has 2 fully saturated rings. The average Bonchev–Trinajstić information content (AvgIpc) is 3.38. The fourth-order valence-electron chi connectivity index (χ4n) is 4.56. The van der Waals surface area contributed by atoms with Crippen molar-refractivity contribution in [2.24, 2.45) is 5.92 Å². The average molecular weight is 452 g/mol. The second kappa shape index (κ2) is 11.7. The summed E-state index contributed by atoms with van der Waals surface area (Å²) < 4.78 is 5.16. The Morgan fingerprint density at radius 2 is 2.00 bits per heavy atom. The monoisotopic (exact) mass is 451 g/mol. The van der Waals surface area contributed by atoms with Crippen molar-refractivity contribution in [3.05, 3.63) is 54.6 Å². The first-order valence-corrected chi connectivity index (χ1v) is 11.8. The molecule has 2 aliphatic rings. The Balaban J connectivity index is 1.15. The van der Waals surface area contributed by atoms with Crippen molar-refractivity contribution in [1.29, 1.82) is 0 Å². The maximum atomic E-state index is 12.7. The zero-order valence-electron chi connectivity index (χ0n) is 19.1. The predicted molar refractivity (Wildman–Crippen MR) is 128 cm³/mol. The Kier molecular flexibility index (Phi) is 8.14. The van der Waals surface area contributed by atoms with E-state index in [1.165, 1.54) is 12.5 Å². The van der Waals surface area contributed by atoms with E-state index >= 15 is 0 Å². The lowest BCUT2D eigenvalue weighted by atomic mass is 9.96. The van der Waals surface area contributed by atoms with Crippen molar-refractivity contribution >= 4 is 23.7 Å². The van der Waals surface area contributed by atoms with Crippen LogP contribution in [0.25, 0.3) is 6.08 Å². The summed E-state index contributed by atoms with van der Waals surface area (Å²) in [4.78, 5) is 35.9. The van der Waals surface area contributed by atoms with Gasteiger partial charge in [-0.25, -0.2) is 4.98 Å². The number of amides is 2. The summed E-state index contributed by atoms with van der Waals surface area (Å²) in [6.45, 7) is 7.03. The number of carbonyl (C=O) groups excluding carboxylic acids is 2. The smallest absolute Gasteiger partial charge is 0.244 e. The number of piperazine rings is 1. The highest BCUT2D eigenvalue weighted by atomic mass is 16.3. The second-order valence-electron chi connectivity index (χ2n) is 8.71. The lowest BCUT2D eigenvalue weighted by Crippen LogP contribution is -2.50. The number of rotatable bonds is 8. The zero-order valence-corrected chi connectivity index (χ0v) is 19.1. The van der Waals surface area contributed by atoms with Crippen molar-refractivity contribution in [3.63, 3.8) is 0 Å². The molecule has 2 aromatic heterocycles. The van der Waals surface area contributed by atoms with Gasteiger partial charge in [0.15, 0.2) is 0 Å². The minimum Gasteiger partial charge on any atom is -0.465 e. The molecule has 176 valence electrons. The van der Waals surface area contributed by atoms with Crippen LogP contribution >= 0.6 is 0 Å². The van der Waals surface area contributed by atoms with E-state index in [4.69, 9.17) is 4.42 Å². The van der Waals surface area contributed by atoms with E-state index in [2.05, 4.69) is 26.2 Å². The molecule has 1 N–H and O–H groups in total. The third kappa shape index (κ3) is 6.92. The highest BCUT2D eigenvalue weighted by Gasteiger charge is 2.26. The quantitative estimate of drug-likeness (QED) is 0.620. The van der Waals surface area contributed by atoms with E-state index in [1.807, 2.05) is 23.2 Å². The van der Waals surface area contributed by atoms with Crippen LogP contribution in [0, 0.1) is 5.92 Å². The van der Waals surface area contributed by atoms with Gasteiger partial charge in [-0.3, -0.25) is 14.5 Å². The van der Waals surface area contributed by atoms with Gasteiger partial charge in [0, 0.05) is 71.1 Å². The number of hydrogen-bond donors (Lipinski definition) is 1. The molecule has 0 saturated carbocycles. The topological polar surface area (TPSA) is 81.9 Å². The van der Waals surface area contributed by atoms with Crippen LogP contribution in [0.1, 0.15) is 25.0 Å². The fourth-order valence-corrected chi connectivity index (χ4v) is 4.56. The van der Waals surface area contributed by atoms with Gasteiger partial charge in [0.2, 0.25) is 11.8 Å². The molecule has 0 aliphatic carbocycles. The third-order valence-electron chi connectivity index (χ3n) is 6.31. The fraction of sp³-hybridized carbons (Fsp3) is 0.480.